The first-order valence-electron chi connectivity index (χ1n) is 5.20. The van der Waals surface area contributed by atoms with Gasteiger partial charge in [-0.3, -0.25) is 0 Å². The zero-order valence-corrected chi connectivity index (χ0v) is 10.9. The summed E-state index contributed by atoms with van der Waals surface area (Å²) < 4.78 is 0. The van der Waals surface area contributed by atoms with Crippen molar-refractivity contribution in [1.29, 1.82) is 0 Å². The van der Waals surface area contributed by atoms with E-state index in [-0.39, 0.29) is 0 Å². The van der Waals surface area contributed by atoms with Crippen LogP contribution in [0.5, 0.6) is 0 Å². The van der Waals surface area contributed by atoms with E-state index in [1.54, 1.807) is 48.6 Å². The van der Waals surface area contributed by atoms with Gasteiger partial charge in [0.25, 0.3) is 0 Å². The van der Waals surface area contributed by atoms with Gasteiger partial charge in [-0.05, 0) is 22.9 Å². The van der Waals surface area contributed by atoms with Gasteiger partial charge in [0.15, 0.2) is 0 Å². The van der Waals surface area contributed by atoms with E-state index in [0.29, 0.717) is 0 Å². The lowest BCUT2D eigenvalue weighted by Crippen LogP contribution is -1.91. The summed E-state index contributed by atoms with van der Waals surface area (Å²) in [4.78, 5) is 18.6. The van der Waals surface area contributed by atoms with Crippen LogP contribution in [-0.4, -0.2) is 19.9 Å². The van der Waals surface area contributed by atoms with Crippen molar-refractivity contribution in [1.82, 2.24) is 19.9 Å². The topological polar surface area (TPSA) is 51.6 Å². The smallest absolute Gasteiger partial charge is 0.116 e. The lowest BCUT2D eigenvalue weighted by Gasteiger charge is -2.12. The summed E-state index contributed by atoms with van der Waals surface area (Å²) in [5, 5.41) is 4.16. The zero-order chi connectivity index (χ0) is 12.2. The Hall–Kier alpha value is -1.66. The average molecular weight is 272 g/mol. The van der Waals surface area contributed by atoms with E-state index < -0.39 is 0 Å². The standard InChI is InChI=1S/C12H8N4S2/c1-3-13-7-15-9(1)11-5-17-6-12(18-11)10-2-4-14-8-16-10/h1-8H. The van der Waals surface area contributed by atoms with Gasteiger partial charge in [0, 0.05) is 22.2 Å². The molecule has 3 heterocycles. The molecule has 0 amide bonds. The van der Waals surface area contributed by atoms with Crippen molar-refractivity contribution in [3.8, 4) is 0 Å². The summed E-state index contributed by atoms with van der Waals surface area (Å²) in [6.07, 6.45) is 6.61. The molecule has 3 rings (SSSR count). The molecule has 0 aromatic carbocycles. The van der Waals surface area contributed by atoms with Crippen LogP contribution in [0.15, 0.2) is 48.0 Å². The zero-order valence-electron chi connectivity index (χ0n) is 9.22. The van der Waals surface area contributed by atoms with E-state index in [1.165, 1.54) is 0 Å². The van der Waals surface area contributed by atoms with Gasteiger partial charge < -0.3 is 0 Å². The first kappa shape index (κ1) is 11.4. The van der Waals surface area contributed by atoms with E-state index in [1.807, 2.05) is 12.1 Å². The summed E-state index contributed by atoms with van der Waals surface area (Å²) in [5.74, 6) is 0. The summed E-state index contributed by atoms with van der Waals surface area (Å²) in [6.45, 7) is 0. The minimum Gasteiger partial charge on any atom is -0.245 e. The summed E-state index contributed by atoms with van der Waals surface area (Å²) in [5.41, 5.74) is 1.87. The normalized spacial score (nSPS) is 14.9. The molecular formula is C12H8N4S2. The lowest BCUT2D eigenvalue weighted by molar-refractivity contribution is 1.15. The molecule has 0 spiro atoms. The largest absolute Gasteiger partial charge is 0.245 e. The van der Waals surface area contributed by atoms with Gasteiger partial charge in [0.05, 0.1) is 11.4 Å². The van der Waals surface area contributed by atoms with Crippen molar-refractivity contribution >= 4 is 33.3 Å². The van der Waals surface area contributed by atoms with Gasteiger partial charge in [-0.25, -0.2) is 19.9 Å². The molecule has 0 saturated heterocycles. The Bertz CT molecular complexity index is 542. The molecule has 0 aliphatic carbocycles. The number of nitrogens with zero attached hydrogens (tertiary/aromatic N) is 4. The van der Waals surface area contributed by atoms with Crippen molar-refractivity contribution in [3.63, 3.8) is 0 Å². The third-order valence-electron chi connectivity index (χ3n) is 2.24. The van der Waals surface area contributed by atoms with Crippen molar-refractivity contribution in [3.05, 3.63) is 59.4 Å². The van der Waals surface area contributed by atoms with Crippen LogP contribution >= 0.6 is 23.5 Å². The molecule has 88 valence electrons. The number of hydrogen-bond donors (Lipinski definition) is 0. The van der Waals surface area contributed by atoms with E-state index in [0.717, 1.165) is 21.2 Å². The SMILES string of the molecule is C1=C(c2ccncn2)SC(c2ccncn2)=CS1. The Morgan fingerprint density at radius 3 is 1.78 bits per heavy atom. The fraction of sp³-hybridized carbons (Fsp3) is 0. The third-order valence-corrected chi connectivity index (χ3v) is 4.37. The van der Waals surface area contributed by atoms with E-state index >= 15 is 0 Å². The molecule has 2 aromatic heterocycles. The molecule has 0 radical (unpaired) electrons. The predicted octanol–water partition coefficient (Wildman–Crippen LogP) is 3.04. The van der Waals surface area contributed by atoms with Gasteiger partial charge in [-0.15, -0.1) is 11.8 Å². The van der Waals surface area contributed by atoms with Gasteiger partial charge >= 0.3 is 0 Å². The summed E-state index contributed by atoms with van der Waals surface area (Å²) in [6, 6.07) is 3.81. The highest BCUT2D eigenvalue weighted by Crippen LogP contribution is 2.43. The van der Waals surface area contributed by atoms with Crippen molar-refractivity contribution in [2.24, 2.45) is 0 Å². The average Bonchev–Trinajstić information content (AvgIpc) is 2.49. The first-order chi connectivity index (χ1) is 8.93. The van der Waals surface area contributed by atoms with E-state index in [4.69, 9.17) is 0 Å². The number of hydrogen-bond acceptors (Lipinski definition) is 6. The quantitative estimate of drug-likeness (QED) is 0.837. The van der Waals surface area contributed by atoms with E-state index in [2.05, 4.69) is 30.8 Å². The minimum absolute atomic E-state index is 0.933. The molecule has 4 nitrogen and oxygen atoms in total. The summed E-state index contributed by atoms with van der Waals surface area (Å²) in [7, 11) is 0. The maximum Gasteiger partial charge on any atom is 0.116 e. The van der Waals surface area contributed by atoms with Gasteiger partial charge in [0.2, 0.25) is 0 Å². The number of aromatic nitrogens is 4. The Morgan fingerprint density at radius 1 is 0.778 bits per heavy atom. The van der Waals surface area contributed by atoms with Crippen LogP contribution in [0.25, 0.3) is 9.81 Å². The van der Waals surface area contributed by atoms with Crippen LogP contribution in [0.3, 0.4) is 0 Å². The molecule has 0 unspecified atom stereocenters. The molecule has 1 aliphatic rings. The van der Waals surface area contributed by atoms with Crippen LogP contribution in [0.1, 0.15) is 11.4 Å². The minimum atomic E-state index is 0.933. The van der Waals surface area contributed by atoms with Gasteiger partial charge in [0.1, 0.15) is 12.7 Å². The maximum atomic E-state index is 4.26. The van der Waals surface area contributed by atoms with Crippen molar-refractivity contribution < 1.29 is 0 Å². The van der Waals surface area contributed by atoms with Gasteiger partial charge in [-0.1, -0.05) is 11.8 Å². The second-order valence-electron chi connectivity index (χ2n) is 3.39. The molecule has 0 N–H and O–H groups in total. The van der Waals surface area contributed by atoms with Gasteiger partial charge in [-0.2, -0.15) is 0 Å². The molecule has 0 fully saturated rings. The molecular weight excluding hydrogens is 264 g/mol. The first-order valence-corrected chi connectivity index (χ1v) is 6.96. The molecule has 0 bridgehead atoms. The Kier molecular flexibility index (Phi) is 3.38. The van der Waals surface area contributed by atoms with Crippen LogP contribution in [0, 0.1) is 0 Å². The highest BCUT2D eigenvalue weighted by Gasteiger charge is 2.13. The molecule has 0 atom stereocenters. The monoisotopic (exact) mass is 272 g/mol. The van der Waals surface area contributed by atoms with Crippen LogP contribution in [0.2, 0.25) is 0 Å². The fourth-order valence-electron chi connectivity index (χ4n) is 1.42. The van der Waals surface area contributed by atoms with Crippen molar-refractivity contribution in [2.45, 2.75) is 0 Å². The Morgan fingerprint density at radius 2 is 1.33 bits per heavy atom. The number of rotatable bonds is 2. The second-order valence-corrected chi connectivity index (χ2v) is 5.22. The van der Waals surface area contributed by atoms with Crippen LogP contribution < -0.4 is 0 Å². The molecule has 18 heavy (non-hydrogen) atoms. The highest BCUT2D eigenvalue weighted by atomic mass is 32.2. The molecule has 2 aromatic rings. The molecule has 6 heteroatoms. The van der Waals surface area contributed by atoms with Crippen molar-refractivity contribution in [2.75, 3.05) is 0 Å². The van der Waals surface area contributed by atoms with E-state index in [9.17, 15) is 0 Å². The fourth-order valence-corrected chi connectivity index (χ4v) is 3.38. The molecule has 1 aliphatic heterocycles. The second kappa shape index (κ2) is 5.32. The number of thioether (sulfide) groups is 2. The maximum absolute atomic E-state index is 4.26. The Balaban J connectivity index is 1.85. The predicted molar refractivity (Wildman–Crippen MR) is 75.2 cm³/mol. The Labute approximate surface area is 113 Å². The van der Waals surface area contributed by atoms with Crippen LogP contribution in [-0.2, 0) is 0 Å². The third kappa shape index (κ3) is 2.44. The lowest BCUT2D eigenvalue weighted by atomic mass is 10.4. The highest BCUT2D eigenvalue weighted by molar-refractivity contribution is 8.20. The van der Waals surface area contributed by atoms with Crippen LogP contribution in [0.4, 0.5) is 0 Å². The molecule has 0 saturated carbocycles. The summed E-state index contributed by atoms with van der Waals surface area (Å²) >= 11 is 3.29.